The second-order valence-electron chi connectivity index (χ2n) is 3.35. The molecule has 0 aliphatic heterocycles. The van der Waals surface area contributed by atoms with Crippen molar-refractivity contribution in [3.63, 3.8) is 0 Å². The Labute approximate surface area is 110 Å². The molecule has 1 N–H and O–H groups in total. The van der Waals surface area contributed by atoms with Crippen molar-refractivity contribution in [1.29, 1.82) is 0 Å². The third-order valence-corrected chi connectivity index (χ3v) is 3.39. The molecule has 0 spiro atoms. The molecule has 8 heteroatoms. The molecule has 0 amide bonds. The van der Waals surface area contributed by atoms with E-state index in [0.29, 0.717) is 10.6 Å². The van der Waals surface area contributed by atoms with Crippen LogP contribution in [0.15, 0.2) is 24.5 Å². The Morgan fingerprint density at radius 2 is 2.17 bits per heavy atom. The summed E-state index contributed by atoms with van der Waals surface area (Å²) in [6, 6.07) is 3.48. The van der Waals surface area contributed by atoms with Crippen LogP contribution in [0.25, 0.3) is 10.6 Å². The lowest BCUT2D eigenvalue weighted by Crippen LogP contribution is -2.20. The Bertz CT molecular complexity index is 527. The van der Waals surface area contributed by atoms with Gasteiger partial charge >= 0.3 is 6.18 Å². The average molecular weight is 294 g/mol. The van der Waals surface area contributed by atoms with E-state index < -0.39 is 12.7 Å². The van der Waals surface area contributed by atoms with Gasteiger partial charge in [-0.3, -0.25) is 4.98 Å². The van der Waals surface area contributed by atoms with Crippen LogP contribution in [0.4, 0.5) is 18.2 Å². The van der Waals surface area contributed by atoms with Crippen molar-refractivity contribution >= 4 is 27.9 Å². The zero-order valence-corrected chi connectivity index (χ0v) is 10.4. The number of nitrogens with zero attached hydrogens (tertiary/aromatic N) is 2. The van der Waals surface area contributed by atoms with Gasteiger partial charge in [-0.1, -0.05) is 22.9 Å². The van der Waals surface area contributed by atoms with E-state index in [-0.39, 0.29) is 10.2 Å². The number of anilines is 1. The first kappa shape index (κ1) is 13.1. The predicted molar refractivity (Wildman–Crippen MR) is 64.9 cm³/mol. The first-order valence-corrected chi connectivity index (χ1v) is 6.02. The molecule has 18 heavy (non-hydrogen) atoms. The van der Waals surface area contributed by atoms with Gasteiger partial charge in [-0.15, -0.1) is 0 Å². The Kier molecular flexibility index (Phi) is 3.72. The van der Waals surface area contributed by atoms with Crippen LogP contribution in [-0.4, -0.2) is 22.7 Å². The van der Waals surface area contributed by atoms with E-state index in [4.69, 9.17) is 11.6 Å². The summed E-state index contributed by atoms with van der Waals surface area (Å²) in [4.78, 5) is 7.90. The summed E-state index contributed by atoms with van der Waals surface area (Å²) in [5.74, 6) is 0. The predicted octanol–water partition coefficient (Wildman–Crippen LogP) is 3.83. The normalized spacial score (nSPS) is 11.6. The van der Waals surface area contributed by atoms with Gasteiger partial charge in [-0.25, -0.2) is 4.98 Å². The maximum Gasteiger partial charge on any atom is 0.405 e. The quantitative estimate of drug-likeness (QED) is 0.934. The average Bonchev–Trinajstić information content (AvgIpc) is 2.68. The molecule has 3 nitrogen and oxygen atoms in total. The molecule has 2 heterocycles. The van der Waals surface area contributed by atoms with Gasteiger partial charge in [-0.05, 0) is 12.1 Å². The molecule has 2 aromatic rings. The summed E-state index contributed by atoms with van der Waals surface area (Å²) in [5, 5.41) is 2.98. The number of rotatable bonds is 3. The number of alkyl halides is 3. The van der Waals surface area contributed by atoms with Crippen molar-refractivity contribution in [3.05, 3.63) is 29.7 Å². The minimum atomic E-state index is -4.29. The first-order chi connectivity index (χ1) is 8.46. The third-order valence-electron chi connectivity index (χ3n) is 1.94. The molecule has 0 saturated heterocycles. The van der Waals surface area contributed by atoms with Crippen LogP contribution in [-0.2, 0) is 0 Å². The number of nitrogens with one attached hydrogen (secondary N) is 1. The Morgan fingerprint density at radius 3 is 2.78 bits per heavy atom. The number of hydrogen-bond acceptors (Lipinski definition) is 4. The second kappa shape index (κ2) is 5.11. The molecule has 0 bridgehead atoms. The zero-order chi connectivity index (χ0) is 13.2. The monoisotopic (exact) mass is 293 g/mol. The fourth-order valence-corrected chi connectivity index (χ4v) is 2.36. The number of pyridine rings is 1. The lowest BCUT2D eigenvalue weighted by Gasteiger charge is -2.06. The van der Waals surface area contributed by atoms with Crippen LogP contribution >= 0.6 is 22.9 Å². The van der Waals surface area contributed by atoms with Crippen LogP contribution in [0.2, 0.25) is 5.15 Å². The Morgan fingerprint density at radius 1 is 1.39 bits per heavy atom. The molecule has 0 unspecified atom stereocenters. The van der Waals surface area contributed by atoms with E-state index in [9.17, 15) is 13.2 Å². The lowest BCUT2D eigenvalue weighted by atomic mass is 10.3. The van der Waals surface area contributed by atoms with Gasteiger partial charge in [0, 0.05) is 18.0 Å². The minimum Gasteiger partial charge on any atom is -0.366 e. The summed E-state index contributed by atoms with van der Waals surface area (Å²) >= 11 is 6.83. The summed E-state index contributed by atoms with van der Waals surface area (Å²) in [6.07, 6.45) is -1.12. The molecule has 2 rings (SSSR count). The summed E-state index contributed by atoms with van der Waals surface area (Å²) < 4.78 is 36.2. The number of aromatic nitrogens is 2. The van der Waals surface area contributed by atoms with E-state index in [1.54, 1.807) is 24.5 Å². The van der Waals surface area contributed by atoms with Crippen molar-refractivity contribution in [3.8, 4) is 10.6 Å². The molecule has 0 aliphatic carbocycles. The molecule has 0 radical (unpaired) electrons. The molecular formula is C10H7ClF3N3S. The van der Waals surface area contributed by atoms with E-state index in [2.05, 4.69) is 15.3 Å². The lowest BCUT2D eigenvalue weighted by molar-refractivity contribution is -0.115. The van der Waals surface area contributed by atoms with E-state index in [1.807, 2.05) is 0 Å². The summed E-state index contributed by atoms with van der Waals surface area (Å²) in [5.41, 5.74) is 0.712. The molecule has 0 atom stereocenters. The highest BCUT2D eigenvalue weighted by molar-refractivity contribution is 7.19. The van der Waals surface area contributed by atoms with E-state index >= 15 is 0 Å². The van der Waals surface area contributed by atoms with Gasteiger partial charge in [0.1, 0.15) is 16.6 Å². The molecule has 0 saturated carbocycles. The van der Waals surface area contributed by atoms with Gasteiger partial charge in [-0.2, -0.15) is 13.2 Å². The fourth-order valence-electron chi connectivity index (χ4n) is 1.20. The molecule has 0 aliphatic rings. The number of thiazole rings is 1. The molecule has 2 aromatic heterocycles. The van der Waals surface area contributed by atoms with Crippen LogP contribution in [0, 0.1) is 0 Å². The van der Waals surface area contributed by atoms with Crippen LogP contribution in [0.5, 0.6) is 0 Å². The smallest absolute Gasteiger partial charge is 0.366 e. The minimum absolute atomic E-state index is 0.0307. The first-order valence-electron chi connectivity index (χ1n) is 4.83. The van der Waals surface area contributed by atoms with Crippen molar-refractivity contribution in [2.75, 3.05) is 11.9 Å². The van der Waals surface area contributed by atoms with Crippen molar-refractivity contribution in [2.45, 2.75) is 6.18 Å². The van der Waals surface area contributed by atoms with Gasteiger partial charge in [0.25, 0.3) is 0 Å². The molecule has 96 valence electrons. The standard InChI is InChI=1S/C10H7ClF3N3S/c11-7-9(16-5-10(12,13)14)18-8(17-7)6-2-1-3-15-4-6/h1-4,16H,5H2. The Hall–Kier alpha value is -1.34. The Balaban J connectivity index is 2.17. The molecule has 0 aromatic carbocycles. The fraction of sp³-hybridized carbons (Fsp3) is 0.200. The van der Waals surface area contributed by atoms with Crippen LogP contribution in [0.3, 0.4) is 0 Å². The highest BCUT2D eigenvalue weighted by Gasteiger charge is 2.27. The van der Waals surface area contributed by atoms with Crippen molar-refractivity contribution in [2.24, 2.45) is 0 Å². The van der Waals surface area contributed by atoms with E-state index in [1.165, 1.54) is 0 Å². The largest absolute Gasteiger partial charge is 0.405 e. The number of halogens is 4. The van der Waals surface area contributed by atoms with Gasteiger partial charge < -0.3 is 5.32 Å². The van der Waals surface area contributed by atoms with Crippen LogP contribution < -0.4 is 5.32 Å². The SMILES string of the molecule is FC(F)(F)CNc1sc(-c2cccnc2)nc1Cl. The van der Waals surface area contributed by atoms with Crippen molar-refractivity contribution in [1.82, 2.24) is 9.97 Å². The van der Waals surface area contributed by atoms with Gasteiger partial charge in [0.05, 0.1) is 0 Å². The van der Waals surface area contributed by atoms with Gasteiger partial charge in [0.2, 0.25) is 0 Å². The highest BCUT2D eigenvalue weighted by Crippen LogP contribution is 2.35. The zero-order valence-electron chi connectivity index (χ0n) is 8.83. The maximum absolute atomic E-state index is 12.1. The van der Waals surface area contributed by atoms with Gasteiger partial charge in [0.15, 0.2) is 5.15 Å². The topological polar surface area (TPSA) is 37.8 Å². The number of hydrogen-bond donors (Lipinski definition) is 1. The molecular weight excluding hydrogens is 287 g/mol. The summed E-state index contributed by atoms with van der Waals surface area (Å²) in [7, 11) is 0. The van der Waals surface area contributed by atoms with Crippen molar-refractivity contribution < 1.29 is 13.2 Å². The highest BCUT2D eigenvalue weighted by atomic mass is 35.5. The molecule has 0 fully saturated rings. The second-order valence-corrected chi connectivity index (χ2v) is 4.71. The summed E-state index contributed by atoms with van der Waals surface area (Å²) in [6.45, 7) is -1.14. The maximum atomic E-state index is 12.1. The third kappa shape index (κ3) is 3.33. The van der Waals surface area contributed by atoms with E-state index in [0.717, 1.165) is 11.3 Å². The van der Waals surface area contributed by atoms with Crippen LogP contribution in [0.1, 0.15) is 0 Å².